The van der Waals surface area contributed by atoms with Gasteiger partial charge in [-0.2, -0.15) is 0 Å². The molecular weight excluding hydrogens is 406 g/mol. The van der Waals surface area contributed by atoms with E-state index in [1.54, 1.807) is 12.1 Å². The van der Waals surface area contributed by atoms with E-state index in [0.29, 0.717) is 38.1 Å². The molecule has 1 atom stereocenters. The van der Waals surface area contributed by atoms with E-state index >= 15 is 0 Å². The Morgan fingerprint density at radius 2 is 1.87 bits per heavy atom. The number of amides is 2. The molecule has 8 nitrogen and oxygen atoms in total. The molecule has 2 aliphatic heterocycles. The van der Waals surface area contributed by atoms with Gasteiger partial charge in [0.15, 0.2) is 0 Å². The van der Waals surface area contributed by atoms with Crippen LogP contribution in [0.5, 0.6) is 0 Å². The molecule has 9 heteroatoms. The molecule has 0 spiro atoms. The fraction of sp³-hybridized carbons (Fsp3) is 0.619. The molecule has 0 bridgehead atoms. The quantitative estimate of drug-likeness (QED) is 0.671. The minimum atomic E-state index is -3.71. The average Bonchev–Trinajstić information content (AvgIpc) is 3.47. The van der Waals surface area contributed by atoms with Crippen LogP contribution in [-0.4, -0.2) is 63.5 Å². The van der Waals surface area contributed by atoms with E-state index in [-0.39, 0.29) is 41.3 Å². The molecule has 1 saturated carbocycles. The van der Waals surface area contributed by atoms with Crippen molar-refractivity contribution < 1.29 is 22.7 Å². The van der Waals surface area contributed by atoms with Gasteiger partial charge in [0.25, 0.3) is 5.91 Å². The van der Waals surface area contributed by atoms with Crippen molar-refractivity contribution in [2.24, 2.45) is 5.92 Å². The van der Waals surface area contributed by atoms with Gasteiger partial charge < -0.3 is 15.0 Å². The van der Waals surface area contributed by atoms with Crippen LogP contribution in [0.1, 0.15) is 48.9 Å². The molecule has 30 heavy (non-hydrogen) atoms. The van der Waals surface area contributed by atoms with Crippen LogP contribution in [-0.2, 0) is 19.6 Å². The molecule has 0 aromatic heterocycles. The van der Waals surface area contributed by atoms with Gasteiger partial charge in [0, 0.05) is 43.8 Å². The summed E-state index contributed by atoms with van der Waals surface area (Å²) < 4.78 is 33.2. The number of ether oxygens (including phenoxy) is 1. The molecule has 0 radical (unpaired) electrons. The zero-order valence-corrected chi connectivity index (χ0v) is 17.8. The fourth-order valence-corrected chi connectivity index (χ4v) is 5.11. The highest BCUT2D eigenvalue weighted by atomic mass is 32.2. The van der Waals surface area contributed by atoms with Gasteiger partial charge >= 0.3 is 0 Å². The number of hydrogen-bond acceptors (Lipinski definition) is 5. The Morgan fingerprint density at radius 1 is 1.10 bits per heavy atom. The number of hydrogen-bond donors (Lipinski definition) is 2. The van der Waals surface area contributed by atoms with E-state index in [9.17, 15) is 18.0 Å². The van der Waals surface area contributed by atoms with Gasteiger partial charge in [-0.3, -0.25) is 9.59 Å². The summed E-state index contributed by atoms with van der Waals surface area (Å²) in [7, 11) is -3.71. The van der Waals surface area contributed by atoms with Crippen molar-refractivity contribution in [3.63, 3.8) is 0 Å². The first-order valence-corrected chi connectivity index (χ1v) is 12.2. The minimum absolute atomic E-state index is 0.0151. The summed E-state index contributed by atoms with van der Waals surface area (Å²) >= 11 is 0. The van der Waals surface area contributed by atoms with Crippen molar-refractivity contribution in [1.82, 2.24) is 14.9 Å². The predicted octanol–water partition coefficient (Wildman–Crippen LogP) is 1.27. The highest BCUT2D eigenvalue weighted by Gasteiger charge is 2.35. The summed E-state index contributed by atoms with van der Waals surface area (Å²) in [6.07, 6.45) is 5.11. The van der Waals surface area contributed by atoms with Crippen molar-refractivity contribution >= 4 is 21.8 Å². The van der Waals surface area contributed by atoms with E-state index < -0.39 is 10.0 Å². The second-order valence-electron chi connectivity index (χ2n) is 8.36. The second kappa shape index (κ2) is 9.03. The lowest BCUT2D eigenvalue weighted by Gasteiger charge is -2.32. The van der Waals surface area contributed by atoms with Gasteiger partial charge in [-0.1, -0.05) is 6.07 Å². The number of carbonyl (C=O) groups is 2. The van der Waals surface area contributed by atoms with Gasteiger partial charge in [-0.25, -0.2) is 13.1 Å². The number of piperidine rings is 1. The van der Waals surface area contributed by atoms with Crippen molar-refractivity contribution in [2.75, 3.05) is 26.2 Å². The molecule has 3 aliphatic rings. The lowest BCUT2D eigenvalue weighted by molar-refractivity contribution is -0.133. The maximum Gasteiger partial charge on any atom is 0.251 e. The van der Waals surface area contributed by atoms with Crippen LogP contribution in [0, 0.1) is 5.92 Å². The van der Waals surface area contributed by atoms with Crippen LogP contribution < -0.4 is 10.0 Å². The van der Waals surface area contributed by atoms with E-state index in [0.717, 1.165) is 25.7 Å². The molecule has 4 rings (SSSR count). The third-order valence-corrected chi connectivity index (χ3v) is 7.42. The van der Waals surface area contributed by atoms with Crippen LogP contribution in [0.25, 0.3) is 0 Å². The first kappa shape index (κ1) is 21.3. The summed E-state index contributed by atoms with van der Waals surface area (Å²) in [5.74, 6) is 0.168. The Bertz CT molecular complexity index is 886. The number of nitrogens with zero attached hydrogens (tertiary/aromatic N) is 1. The van der Waals surface area contributed by atoms with Gasteiger partial charge in [0.2, 0.25) is 15.9 Å². The highest BCUT2D eigenvalue weighted by molar-refractivity contribution is 7.89. The second-order valence-corrected chi connectivity index (χ2v) is 10.1. The lowest BCUT2D eigenvalue weighted by atomic mass is 10.0. The van der Waals surface area contributed by atoms with E-state index in [2.05, 4.69) is 10.0 Å². The number of likely N-dealkylation sites (tertiary alicyclic amines) is 1. The summed E-state index contributed by atoms with van der Waals surface area (Å²) in [5, 5.41) is 2.98. The fourth-order valence-electron chi connectivity index (χ4n) is 4.00. The monoisotopic (exact) mass is 435 g/mol. The van der Waals surface area contributed by atoms with Crippen LogP contribution in [0.15, 0.2) is 29.2 Å². The zero-order valence-electron chi connectivity index (χ0n) is 17.0. The molecule has 2 N–H and O–H groups in total. The van der Waals surface area contributed by atoms with Crippen LogP contribution in [0.3, 0.4) is 0 Å². The smallest absolute Gasteiger partial charge is 0.251 e. The molecule has 2 saturated heterocycles. The predicted molar refractivity (Wildman–Crippen MR) is 110 cm³/mol. The van der Waals surface area contributed by atoms with E-state index in [1.165, 1.54) is 12.1 Å². The molecule has 1 aromatic carbocycles. The largest absolute Gasteiger partial charge is 0.377 e. The molecule has 1 unspecified atom stereocenters. The molecule has 2 amide bonds. The van der Waals surface area contributed by atoms with E-state index in [4.69, 9.17) is 4.74 Å². The van der Waals surface area contributed by atoms with Crippen LogP contribution in [0.2, 0.25) is 0 Å². The molecular formula is C21H29N3O5S. The third kappa shape index (κ3) is 5.19. The Morgan fingerprint density at radius 3 is 2.53 bits per heavy atom. The molecule has 2 heterocycles. The SMILES string of the molecule is O=C(NC1CCN(C(=O)C2CC2)CC1)c1cccc(S(=O)(=O)NCC2CCCO2)c1. The topological polar surface area (TPSA) is 105 Å². The zero-order chi connectivity index (χ0) is 21.1. The Balaban J connectivity index is 1.31. The highest BCUT2D eigenvalue weighted by Crippen LogP contribution is 2.31. The van der Waals surface area contributed by atoms with Crippen molar-refractivity contribution in [3.05, 3.63) is 29.8 Å². The standard InChI is InChI=1S/C21H29N3O5S/c25-20(23-17-8-10-24(11-9-17)21(26)15-6-7-15)16-3-1-5-19(13-16)30(27,28)22-14-18-4-2-12-29-18/h1,3,5,13,15,17-18,22H,2,4,6-12,14H2,(H,23,25). The number of carbonyl (C=O) groups excluding carboxylic acids is 2. The summed E-state index contributed by atoms with van der Waals surface area (Å²) in [4.78, 5) is 26.8. The van der Waals surface area contributed by atoms with Crippen LogP contribution in [0.4, 0.5) is 0 Å². The third-order valence-electron chi connectivity index (χ3n) is 6.00. The molecule has 3 fully saturated rings. The molecule has 1 aromatic rings. The summed E-state index contributed by atoms with van der Waals surface area (Å²) in [5.41, 5.74) is 0.312. The lowest BCUT2D eigenvalue weighted by Crippen LogP contribution is -2.47. The van der Waals surface area contributed by atoms with Gasteiger partial charge in [0.1, 0.15) is 0 Å². The normalized spacial score (nSPS) is 22.8. The first-order chi connectivity index (χ1) is 14.4. The average molecular weight is 436 g/mol. The van der Waals surface area contributed by atoms with Gasteiger partial charge in [0.05, 0.1) is 11.0 Å². The first-order valence-electron chi connectivity index (χ1n) is 10.7. The summed E-state index contributed by atoms with van der Waals surface area (Å²) in [6, 6.07) is 6.06. The Hall–Kier alpha value is -1.97. The van der Waals surface area contributed by atoms with Crippen molar-refractivity contribution in [1.29, 1.82) is 0 Å². The number of sulfonamides is 1. The summed E-state index contributed by atoms with van der Waals surface area (Å²) in [6.45, 7) is 2.20. The number of rotatable bonds is 7. The Labute approximate surface area is 177 Å². The van der Waals surface area contributed by atoms with Gasteiger partial charge in [-0.05, 0) is 56.7 Å². The maximum atomic E-state index is 12.7. The minimum Gasteiger partial charge on any atom is -0.377 e. The van der Waals surface area contributed by atoms with Crippen molar-refractivity contribution in [2.45, 2.75) is 55.6 Å². The molecule has 1 aliphatic carbocycles. The number of nitrogens with one attached hydrogen (secondary N) is 2. The maximum absolute atomic E-state index is 12.7. The van der Waals surface area contributed by atoms with Crippen molar-refractivity contribution in [3.8, 4) is 0 Å². The van der Waals surface area contributed by atoms with Crippen LogP contribution >= 0.6 is 0 Å². The molecule has 164 valence electrons. The Kier molecular flexibility index (Phi) is 6.40. The van der Waals surface area contributed by atoms with Gasteiger partial charge in [-0.15, -0.1) is 0 Å². The van der Waals surface area contributed by atoms with E-state index in [1.807, 2.05) is 4.90 Å². The number of benzene rings is 1.